The number of hydrogen-bond donors (Lipinski definition) is 1. The van der Waals surface area contributed by atoms with E-state index in [1.165, 1.54) is 26.4 Å². The molecule has 1 aromatic carbocycles. The molecule has 0 aliphatic carbocycles. The first-order valence-corrected chi connectivity index (χ1v) is 4.58. The lowest BCUT2D eigenvalue weighted by Gasteiger charge is -2.10. The Balaban J connectivity index is 3.43. The van der Waals surface area contributed by atoms with Gasteiger partial charge in [-0.25, -0.2) is 4.79 Å². The zero-order chi connectivity index (χ0) is 12.3. The summed E-state index contributed by atoms with van der Waals surface area (Å²) in [6.45, 7) is 0. The van der Waals surface area contributed by atoms with Gasteiger partial charge in [0.1, 0.15) is 11.5 Å². The topological polar surface area (TPSA) is 72.8 Å². The number of methoxy groups -OCH3 is 2. The van der Waals surface area contributed by atoms with E-state index in [2.05, 4.69) is 0 Å². The summed E-state index contributed by atoms with van der Waals surface area (Å²) < 4.78 is 9.76. The molecule has 0 heterocycles. The molecule has 0 unspecified atom stereocenters. The highest BCUT2D eigenvalue weighted by molar-refractivity contribution is 6.46. The molecule has 0 amide bonds. The van der Waals surface area contributed by atoms with E-state index in [-0.39, 0.29) is 22.1 Å². The van der Waals surface area contributed by atoms with Crippen molar-refractivity contribution in [3.8, 4) is 11.5 Å². The molecule has 0 aliphatic heterocycles. The first kappa shape index (κ1) is 12.3. The Morgan fingerprint density at radius 2 is 1.69 bits per heavy atom. The Morgan fingerprint density at radius 3 is 2.12 bits per heavy atom. The van der Waals surface area contributed by atoms with Crippen molar-refractivity contribution < 1.29 is 24.2 Å². The number of ether oxygens (including phenoxy) is 2. The molecule has 5 nitrogen and oxygen atoms in total. The van der Waals surface area contributed by atoms with Crippen molar-refractivity contribution in [2.45, 2.75) is 0 Å². The molecule has 0 saturated heterocycles. The summed E-state index contributed by atoms with van der Waals surface area (Å²) in [5, 5.41) is 8.56. The molecule has 1 N–H and O–H groups in total. The molecule has 0 aliphatic rings. The van der Waals surface area contributed by atoms with Gasteiger partial charge >= 0.3 is 5.97 Å². The highest BCUT2D eigenvalue weighted by Gasteiger charge is 2.25. The standard InChI is InChI=1S/C10H9ClO5/c1-15-5-3-4-6(16-2)8(11)7(5)9(12)10(13)14/h3-4H,1-2H3,(H,13,14). The fourth-order valence-electron chi connectivity index (χ4n) is 1.19. The molecule has 0 aromatic heterocycles. The van der Waals surface area contributed by atoms with Gasteiger partial charge in [0.05, 0.1) is 24.8 Å². The number of Topliss-reactive ketones (excluding diaryl/α,β-unsaturated/α-hetero) is 1. The summed E-state index contributed by atoms with van der Waals surface area (Å²) in [7, 11) is 2.68. The summed E-state index contributed by atoms with van der Waals surface area (Å²) in [5.41, 5.74) is -0.212. The first-order chi connectivity index (χ1) is 7.52. The van der Waals surface area contributed by atoms with E-state index >= 15 is 0 Å². The normalized spacial score (nSPS) is 9.69. The molecule has 1 rings (SSSR count). The van der Waals surface area contributed by atoms with E-state index in [0.717, 1.165) is 0 Å². The van der Waals surface area contributed by atoms with Gasteiger partial charge in [-0.15, -0.1) is 0 Å². The average molecular weight is 245 g/mol. The minimum atomic E-state index is -1.60. The number of carboxylic acids is 1. The number of ketones is 1. The lowest BCUT2D eigenvalue weighted by Crippen LogP contribution is -2.14. The summed E-state index contributed by atoms with van der Waals surface area (Å²) >= 11 is 5.84. The number of hydrogen-bond acceptors (Lipinski definition) is 4. The second kappa shape index (κ2) is 4.85. The van der Waals surface area contributed by atoms with Crippen LogP contribution in [0.1, 0.15) is 10.4 Å². The maximum absolute atomic E-state index is 11.4. The van der Waals surface area contributed by atoms with Crippen molar-refractivity contribution in [1.82, 2.24) is 0 Å². The van der Waals surface area contributed by atoms with Crippen LogP contribution in [0.15, 0.2) is 12.1 Å². The molecule has 6 heteroatoms. The predicted molar refractivity (Wildman–Crippen MR) is 56.5 cm³/mol. The largest absolute Gasteiger partial charge is 0.496 e. The third-order valence-electron chi connectivity index (χ3n) is 1.93. The fourth-order valence-corrected chi connectivity index (χ4v) is 1.50. The SMILES string of the molecule is COc1ccc(OC)c(C(=O)C(=O)O)c1Cl. The van der Waals surface area contributed by atoms with Crippen molar-refractivity contribution in [3.63, 3.8) is 0 Å². The van der Waals surface area contributed by atoms with Crippen LogP contribution in [-0.2, 0) is 4.79 Å². The summed E-state index contributed by atoms with van der Waals surface area (Å²) in [4.78, 5) is 22.0. The highest BCUT2D eigenvalue weighted by Crippen LogP contribution is 2.34. The molecule has 0 spiro atoms. The molecular weight excluding hydrogens is 236 g/mol. The van der Waals surface area contributed by atoms with Gasteiger partial charge in [-0.2, -0.15) is 0 Å². The monoisotopic (exact) mass is 244 g/mol. The van der Waals surface area contributed by atoms with Gasteiger partial charge in [0.25, 0.3) is 5.78 Å². The number of carbonyl (C=O) groups is 2. The van der Waals surface area contributed by atoms with Crippen LogP contribution < -0.4 is 9.47 Å². The number of carbonyl (C=O) groups excluding carboxylic acids is 1. The minimum Gasteiger partial charge on any atom is -0.496 e. The fraction of sp³-hybridized carbons (Fsp3) is 0.200. The maximum atomic E-state index is 11.4. The van der Waals surface area contributed by atoms with E-state index in [1.54, 1.807) is 0 Å². The van der Waals surface area contributed by atoms with Gasteiger partial charge in [0.2, 0.25) is 0 Å². The Hall–Kier alpha value is -1.75. The Labute approximate surface area is 96.5 Å². The first-order valence-electron chi connectivity index (χ1n) is 4.21. The number of halogens is 1. The van der Waals surface area contributed by atoms with E-state index < -0.39 is 11.8 Å². The predicted octanol–water partition coefficient (Wildman–Crippen LogP) is 1.62. The van der Waals surface area contributed by atoms with Gasteiger partial charge in [-0.05, 0) is 12.1 Å². The van der Waals surface area contributed by atoms with Crippen LogP contribution in [0.4, 0.5) is 0 Å². The summed E-state index contributed by atoms with van der Waals surface area (Å²) in [6, 6.07) is 2.90. The van der Waals surface area contributed by atoms with Gasteiger partial charge in [0, 0.05) is 0 Å². The second-order valence-electron chi connectivity index (χ2n) is 2.79. The van der Waals surface area contributed by atoms with Crippen molar-refractivity contribution in [2.75, 3.05) is 14.2 Å². The molecule has 86 valence electrons. The second-order valence-corrected chi connectivity index (χ2v) is 3.17. The van der Waals surface area contributed by atoms with Crippen LogP contribution >= 0.6 is 11.6 Å². The Morgan fingerprint density at radius 1 is 1.19 bits per heavy atom. The highest BCUT2D eigenvalue weighted by atomic mass is 35.5. The van der Waals surface area contributed by atoms with Crippen molar-refractivity contribution >= 4 is 23.4 Å². The van der Waals surface area contributed by atoms with Gasteiger partial charge in [-0.3, -0.25) is 4.79 Å². The van der Waals surface area contributed by atoms with E-state index in [0.29, 0.717) is 0 Å². The zero-order valence-electron chi connectivity index (χ0n) is 8.61. The number of rotatable bonds is 4. The van der Waals surface area contributed by atoms with Gasteiger partial charge in [-0.1, -0.05) is 11.6 Å². The molecule has 0 saturated carbocycles. The van der Waals surface area contributed by atoms with Crippen molar-refractivity contribution in [2.24, 2.45) is 0 Å². The Bertz CT molecular complexity index is 441. The van der Waals surface area contributed by atoms with Crippen LogP contribution in [0, 0.1) is 0 Å². The molecule has 0 fully saturated rings. The quantitative estimate of drug-likeness (QED) is 0.644. The minimum absolute atomic E-state index is 0.0748. The Kier molecular flexibility index (Phi) is 3.73. The van der Waals surface area contributed by atoms with Crippen LogP contribution in [0.25, 0.3) is 0 Å². The summed E-state index contributed by atoms with van der Waals surface area (Å²) in [6.07, 6.45) is 0. The van der Waals surface area contributed by atoms with Crippen LogP contribution in [0.2, 0.25) is 5.02 Å². The van der Waals surface area contributed by atoms with Crippen molar-refractivity contribution in [1.29, 1.82) is 0 Å². The number of benzene rings is 1. The van der Waals surface area contributed by atoms with E-state index in [9.17, 15) is 9.59 Å². The van der Waals surface area contributed by atoms with E-state index in [4.69, 9.17) is 26.2 Å². The molecular formula is C10H9ClO5. The average Bonchev–Trinajstić information content (AvgIpc) is 2.27. The van der Waals surface area contributed by atoms with Gasteiger partial charge in [0.15, 0.2) is 0 Å². The molecule has 0 radical (unpaired) electrons. The van der Waals surface area contributed by atoms with Crippen LogP contribution in [0.3, 0.4) is 0 Å². The van der Waals surface area contributed by atoms with Crippen LogP contribution in [-0.4, -0.2) is 31.1 Å². The van der Waals surface area contributed by atoms with E-state index in [1.807, 2.05) is 0 Å². The number of carboxylic acid groups (broad SMARTS) is 1. The van der Waals surface area contributed by atoms with Crippen LogP contribution in [0.5, 0.6) is 11.5 Å². The lowest BCUT2D eigenvalue weighted by atomic mass is 10.1. The maximum Gasteiger partial charge on any atom is 0.377 e. The molecule has 0 bridgehead atoms. The zero-order valence-corrected chi connectivity index (χ0v) is 9.37. The summed E-state index contributed by atoms with van der Waals surface area (Å²) in [5.74, 6) is -2.43. The third kappa shape index (κ3) is 2.09. The molecule has 16 heavy (non-hydrogen) atoms. The van der Waals surface area contributed by atoms with Crippen molar-refractivity contribution in [3.05, 3.63) is 22.7 Å². The smallest absolute Gasteiger partial charge is 0.377 e. The molecule has 0 atom stereocenters. The number of aliphatic carboxylic acids is 1. The lowest BCUT2D eigenvalue weighted by molar-refractivity contribution is -0.131. The third-order valence-corrected chi connectivity index (χ3v) is 2.30. The van der Waals surface area contributed by atoms with Gasteiger partial charge < -0.3 is 14.6 Å². The molecule has 1 aromatic rings.